The molecular weight excluding hydrogens is 334 g/mol. The molecule has 2 atom stereocenters. The number of nitrogens with zero attached hydrogens (tertiary/aromatic N) is 1. The second-order valence-corrected chi connectivity index (χ2v) is 6.65. The smallest absolute Gasteiger partial charge is 0.327 e. The SMILES string of the molecule is CC(=O)C1(c2nc(-c3ccccc3)cs2)C=CC=CC1C=CC(=O)O. The molecule has 4 nitrogen and oxygen atoms in total. The number of thiazole rings is 1. The van der Waals surface area contributed by atoms with E-state index in [1.54, 1.807) is 6.08 Å². The van der Waals surface area contributed by atoms with Gasteiger partial charge in [0.15, 0.2) is 0 Å². The summed E-state index contributed by atoms with van der Waals surface area (Å²) in [6, 6.07) is 9.76. The van der Waals surface area contributed by atoms with Gasteiger partial charge in [-0.2, -0.15) is 0 Å². The summed E-state index contributed by atoms with van der Waals surface area (Å²) in [6.45, 7) is 1.52. The van der Waals surface area contributed by atoms with Crippen LogP contribution in [0.5, 0.6) is 0 Å². The number of rotatable bonds is 5. The monoisotopic (exact) mass is 351 g/mol. The lowest BCUT2D eigenvalue weighted by Crippen LogP contribution is -2.39. The van der Waals surface area contributed by atoms with Crippen LogP contribution in [0, 0.1) is 5.92 Å². The van der Waals surface area contributed by atoms with Gasteiger partial charge in [0, 0.05) is 22.9 Å². The Kier molecular flexibility index (Phi) is 4.76. The van der Waals surface area contributed by atoms with Gasteiger partial charge in [0.1, 0.15) is 16.2 Å². The number of carbonyl (C=O) groups excluding carboxylic acids is 1. The Morgan fingerprint density at radius 2 is 2.00 bits per heavy atom. The van der Waals surface area contributed by atoms with Crippen molar-refractivity contribution in [2.45, 2.75) is 12.3 Å². The molecule has 0 radical (unpaired) electrons. The molecule has 0 saturated heterocycles. The number of hydrogen-bond donors (Lipinski definition) is 1. The molecule has 1 aliphatic rings. The third-order valence-corrected chi connectivity index (χ3v) is 5.26. The minimum absolute atomic E-state index is 0.0675. The lowest BCUT2D eigenvalue weighted by atomic mass is 9.70. The van der Waals surface area contributed by atoms with Crippen LogP contribution in [0.15, 0.2) is 72.2 Å². The van der Waals surface area contributed by atoms with Crippen molar-refractivity contribution >= 4 is 23.1 Å². The van der Waals surface area contributed by atoms with Gasteiger partial charge in [-0.15, -0.1) is 11.3 Å². The van der Waals surface area contributed by atoms with Crippen LogP contribution in [0.4, 0.5) is 0 Å². The Morgan fingerprint density at radius 3 is 2.68 bits per heavy atom. The molecule has 0 amide bonds. The first-order chi connectivity index (χ1) is 12.0. The lowest BCUT2D eigenvalue weighted by molar-refractivity contribution is -0.131. The maximum absolute atomic E-state index is 12.6. The van der Waals surface area contributed by atoms with Gasteiger partial charge in [-0.05, 0) is 6.92 Å². The molecule has 0 aliphatic heterocycles. The molecule has 25 heavy (non-hydrogen) atoms. The number of carbonyl (C=O) groups is 2. The molecule has 2 unspecified atom stereocenters. The van der Waals surface area contributed by atoms with Crippen molar-refractivity contribution in [3.05, 3.63) is 77.2 Å². The van der Waals surface area contributed by atoms with Gasteiger partial charge in [0.05, 0.1) is 5.69 Å². The highest BCUT2D eigenvalue weighted by Gasteiger charge is 2.44. The van der Waals surface area contributed by atoms with E-state index in [9.17, 15) is 9.59 Å². The predicted octanol–water partition coefficient (Wildman–Crippen LogP) is 4.02. The third-order valence-electron chi connectivity index (χ3n) is 4.27. The molecule has 2 aromatic rings. The normalized spacial score (nSPS) is 22.4. The predicted molar refractivity (Wildman–Crippen MR) is 98.5 cm³/mol. The number of aromatic nitrogens is 1. The van der Waals surface area contributed by atoms with E-state index in [4.69, 9.17) is 10.1 Å². The van der Waals surface area contributed by atoms with Crippen molar-refractivity contribution in [3.8, 4) is 11.3 Å². The van der Waals surface area contributed by atoms with Crippen LogP contribution in [-0.4, -0.2) is 21.8 Å². The highest BCUT2D eigenvalue weighted by molar-refractivity contribution is 7.10. The van der Waals surface area contributed by atoms with Crippen LogP contribution in [0.3, 0.4) is 0 Å². The topological polar surface area (TPSA) is 67.3 Å². The highest BCUT2D eigenvalue weighted by atomic mass is 32.1. The van der Waals surface area contributed by atoms with Gasteiger partial charge < -0.3 is 5.11 Å². The van der Waals surface area contributed by atoms with Gasteiger partial charge >= 0.3 is 5.97 Å². The first-order valence-electron chi connectivity index (χ1n) is 7.83. The molecule has 1 N–H and O–H groups in total. The number of aliphatic carboxylic acids is 1. The molecule has 0 spiro atoms. The van der Waals surface area contributed by atoms with Gasteiger partial charge in [-0.1, -0.05) is 60.7 Å². The minimum Gasteiger partial charge on any atom is -0.478 e. The van der Waals surface area contributed by atoms with E-state index in [-0.39, 0.29) is 11.7 Å². The maximum Gasteiger partial charge on any atom is 0.327 e. The van der Waals surface area contributed by atoms with Crippen molar-refractivity contribution in [1.82, 2.24) is 4.98 Å². The van der Waals surface area contributed by atoms with Gasteiger partial charge in [-0.25, -0.2) is 9.78 Å². The molecule has 1 aromatic heterocycles. The Morgan fingerprint density at radius 1 is 1.24 bits per heavy atom. The lowest BCUT2D eigenvalue weighted by Gasteiger charge is -2.33. The van der Waals surface area contributed by atoms with Crippen LogP contribution in [0.2, 0.25) is 0 Å². The van der Waals surface area contributed by atoms with Gasteiger partial charge in [0.25, 0.3) is 0 Å². The number of hydrogen-bond acceptors (Lipinski definition) is 4. The standard InChI is InChI=1S/C20H17NO3S/c1-14(22)20(12-6-5-9-16(20)10-11-18(23)24)19-21-17(13-25-19)15-7-3-2-4-8-15/h2-13,16H,1H3,(H,23,24). The van der Waals surface area contributed by atoms with Crippen LogP contribution in [-0.2, 0) is 15.0 Å². The number of Topliss-reactive ketones (excluding diaryl/α,β-unsaturated/α-hetero) is 1. The Bertz CT molecular complexity index is 879. The zero-order valence-electron chi connectivity index (χ0n) is 13.6. The number of benzene rings is 1. The summed E-state index contributed by atoms with van der Waals surface area (Å²) in [5.41, 5.74) is 0.820. The van der Waals surface area contributed by atoms with Crippen LogP contribution in [0.25, 0.3) is 11.3 Å². The fourth-order valence-corrected chi connectivity index (χ4v) is 4.08. The van der Waals surface area contributed by atoms with E-state index in [0.29, 0.717) is 5.01 Å². The third kappa shape index (κ3) is 3.23. The van der Waals surface area contributed by atoms with Gasteiger partial charge in [-0.3, -0.25) is 4.79 Å². The van der Waals surface area contributed by atoms with Crippen LogP contribution in [0.1, 0.15) is 11.9 Å². The molecule has 126 valence electrons. The van der Waals surface area contributed by atoms with Crippen LogP contribution < -0.4 is 0 Å². The summed E-state index contributed by atoms with van der Waals surface area (Å²) in [6.07, 6.45) is 9.93. The van der Waals surface area contributed by atoms with Crippen molar-refractivity contribution in [3.63, 3.8) is 0 Å². The Balaban J connectivity index is 2.07. The fourth-order valence-electron chi connectivity index (χ4n) is 2.98. The van der Waals surface area contributed by atoms with Crippen molar-refractivity contribution < 1.29 is 14.7 Å². The summed E-state index contributed by atoms with van der Waals surface area (Å²) >= 11 is 1.42. The molecule has 0 fully saturated rings. The second-order valence-electron chi connectivity index (χ2n) is 5.80. The van der Waals surface area contributed by atoms with Crippen molar-refractivity contribution in [2.75, 3.05) is 0 Å². The average molecular weight is 351 g/mol. The van der Waals surface area contributed by atoms with Crippen molar-refractivity contribution in [2.24, 2.45) is 5.92 Å². The quantitative estimate of drug-likeness (QED) is 0.826. The fraction of sp³-hybridized carbons (Fsp3) is 0.150. The molecule has 1 aromatic carbocycles. The summed E-state index contributed by atoms with van der Waals surface area (Å²) in [5.74, 6) is -1.49. The summed E-state index contributed by atoms with van der Waals surface area (Å²) in [7, 11) is 0. The van der Waals surface area contributed by atoms with E-state index < -0.39 is 11.4 Å². The molecule has 5 heteroatoms. The number of ketones is 1. The van der Waals surface area contributed by atoms with Crippen LogP contribution >= 0.6 is 11.3 Å². The molecular formula is C20H17NO3S. The van der Waals surface area contributed by atoms with E-state index in [1.807, 2.05) is 60.0 Å². The largest absolute Gasteiger partial charge is 0.478 e. The maximum atomic E-state index is 12.6. The van der Waals surface area contributed by atoms with E-state index in [2.05, 4.69) is 0 Å². The molecule has 1 heterocycles. The average Bonchev–Trinajstić information content (AvgIpc) is 3.11. The summed E-state index contributed by atoms with van der Waals surface area (Å²) in [5, 5.41) is 11.5. The minimum atomic E-state index is -1.04. The summed E-state index contributed by atoms with van der Waals surface area (Å²) < 4.78 is 0. The Labute approximate surface area is 149 Å². The number of allylic oxidation sites excluding steroid dienone is 5. The number of carboxylic acid groups (broad SMARTS) is 1. The molecule has 1 aliphatic carbocycles. The number of carboxylic acids is 1. The second kappa shape index (κ2) is 6.99. The zero-order valence-corrected chi connectivity index (χ0v) is 14.4. The molecule has 3 rings (SSSR count). The zero-order chi connectivity index (χ0) is 17.9. The first kappa shape index (κ1) is 17.0. The molecule has 0 bridgehead atoms. The van der Waals surface area contributed by atoms with E-state index >= 15 is 0 Å². The van der Waals surface area contributed by atoms with E-state index in [1.165, 1.54) is 18.3 Å². The first-order valence-corrected chi connectivity index (χ1v) is 8.71. The van der Waals surface area contributed by atoms with E-state index in [0.717, 1.165) is 17.3 Å². The van der Waals surface area contributed by atoms with Gasteiger partial charge in [0.2, 0.25) is 0 Å². The Hall–Kier alpha value is -2.79. The summed E-state index contributed by atoms with van der Waals surface area (Å²) in [4.78, 5) is 28.3. The van der Waals surface area contributed by atoms with Crippen molar-refractivity contribution in [1.29, 1.82) is 0 Å². The molecule has 0 saturated carbocycles. The highest BCUT2D eigenvalue weighted by Crippen LogP contribution is 2.41.